The molecule has 0 radical (unpaired) electrons. The second kappa shape index (κ2) is 3.52. The molecule has 1 saturated heterocycles. The maximum absolute atomic E-state index is 5.82. The molecule has 0 amide bonds. The van der Waals surface area contributed by atoms with Gasteiger partial charge in [-0.3, -0.25) is 4.90 Å². The van der Waals surface area contributed by atoms with Crippen molar-refractivity contribution < 1.29 is 0 Å². The molecule has 0 spiro atoms. The smallest absolute Gasteiger partial charge is 0.0546 e. The lowest BCUT2D eigenvalue weighted by atomic mass is 10.1. The van der Waals surface area contributed by atoms with Crippen molar-refractivity contribution in [1.82, 2.24) is 10.2 Å². The minimum absolute atomic E-state index is 0.189. The molecule has 3 nitrogen and oxygen atoms in total. The fourth-order valence-corrected chi connectivity index (χ4v) is 1.66. The highest BCUT2D eigenvalue weighted by Crippen LogP contribution is 2.09. The Morgan fingerprint density at radius 3 is 2.64 bits per heavy atom. The van der Waals surface area contributed by atoms with Gasteiger partial charge < -0.3 is 11.1 Å². The van der Waals surface area contributed by atoms with Crippen LogP contribution in [-0.4, -0.2) is 36.2 Å². The summed E-state index contributed by atoms with van der Waals surface area (Å²) in [5.41, 5.74) is 5.82. The zero-order chi connectivity index (χ0) is 8.43. The lowest BCUT2D eigenvalue weighted by Gasteiger charge is -2.40. The van der Waals surface area contributed by atoms with E-state index in [-0.39, 0.29) is 6.17 Å². The molecule has 1 aliphatic heterocycles. The molecule has 1 fully saturated rings. The van der Waals surface area contributed by atoms with Gasteiger partial charge in [-0.25, -0.2) is 0 Å². The molecule has 66 valence electrons. The van der Waals surface area contributed by atoms with Gasteiger partial charge in [-0.1, -0.05) is 0 Å². The van der Waals surface area contributed by atoms with Gasteiger partial charge in [0.15, 0.2) is 0 Å². The average molecular weight is 157 g/mol. The van der Waals surface area contributed by atoms with E-state index in [0.29, 0.717) is 12.1 Å². The third kappa shape index (κ3) is 1.92. The monoisotopic (exact) mass is 157 g/mol. The van der Waals surface area contributed by atoms with Gasteiger partial charge in [0, 0.05) is 25.2 Å². The SMILES string of the molecule is CC1NCCN(C(C)N)C1C. The number of nitrogens with zero attached hydrogens (tertiary/aromatic N) is 1. The van der Waals surface area contributed by atoms with Gasteiger partial charge >= 0.3 is 0 Å². The molecule has 0 aliphatic carbocycles. The van der Waals surface area contributed by atoms with Crippen LogP contribution in [0.3, 0.4) is 0 Å². The van der Waals surface area contributed by atoms with Crippen LogP contribution in [0.15, 0.2) is 0 Å². The normalized spacial score (nSPS) is 37.1. The molecule has 3 heteroatoms. The van der Waals surface area contributed by atoms with Gasteiger partial charge in [0.2, 0.25) is 0 Å². The number of nitrogens with one attached hydrogen (secondary N) is 1. The Balaban J connectivity index is 2.51. The van der Waals surface area contributed by atoms with Crippen LogP contribution in [0.4, 0.5) is 0 Å². The van der Waals surface area contributed by atoms with Gasteiger partial charge in [0.05, 0.1) is 6.17 Å². The van der Waals surface area contributed by atoms with E-state index < -0.39 is 0 Å². The number of hydrogen-bond acceptors (Lipinski definition) is 3. The summed E-state index contributed by atoms with van der Waals surface area (Å²) in [7, 11) is 0. The summed E-state index contributed by atoms with van der Waals surface area (Å²) in [6.07, 6.45) is 0.189. The molecule has 0 bridgehead atoms. The first kappa shape index (κ1) is 8.97. The van der Waals surface area contributed by atoms with Crippen LogP contribution in [0.1, 0.15) is 20.8 Å². The third-order valence-electron chi connectivity index (χ3n) is 2.61. The van der Waals surface area contributed by atoms with Crippen LogP contribution < -0.4 is 11.1 Å². The summed E-state index contributed by atoms with van der Waals surface area (Å²) in [4.78, 5) is 2.33. The summed E-state index contributed by atoms with van der Waals surface area (Å²) in [6.45, 7) is 8.62. The molecular formula is C8H19N3. The molecular weight excluding hydrogens is 138 g/mol. The van der Waals surface area contributed by atoms with E-state index in [0.717, 1.165) is 13.1 Å². The molecule has 1 aliphatic rings. The molecule has 3 atom stereocenters. The Morgan fingerprint density at radius 1 is 1.55 bits per heavy atom. The Bertz CT molecular complexity index is 125. The van der Waals surface area contributed by atoms with E-state index in [4.69, 9.17) is 5.73 Å². The van der Waals surface area contributed by atoms with Crippen LogP contribution in [-0.2, 0) is 0 Å². The highest BCUT2D eigenvalue weighted by molar-refractivity contribution is 4.84. The maximum atomic E-state index is 5.82. The predicted octanol–water partition coefficient (Wildman–Crippen LogP) is -0.0267. The molecule has 0 saturated carbocycles. The first-order chi connectivity index (χ1) is 5.13. The second-order valence-corrected chi connectivity index (χ2v) is 3.46. The van der Waals surface area contributed by atoms with Crippen molar-refractivity contribution in [1.29, 1.82) is 0 Å². The molecule has 0 aromatic heterocycles. The minimum Gasteiger partial charge on any atom is -0.316 e. The standard InChI is InChI=1S/C8H19N3/c1-6-7(2)11(8(3)9)5-4-10-6/h6-8,10H,4-5,9H2,1-3H3. The first-order valence-corrected chi connectivity index (χ1v) is 4.37. The summed E-state index contributed by atoms with van der Waals surface area (Å²) >= 11 is 0. The summed E-state index contributed by atoms with van der Waals surface area (Å²) in [5, 5.41) is 3.42. The van der Waals surface area contributed by atoms with E-state index in [1.165, 1.54) is 0 Å². The number of piperazine rings is 1. The highest BCUT2D eigenvalue weighted by atomic mass is 15.3. The molecule has 3 N–H and O–H groups in total. The van der Waals surface area contributed by atoms with Crippen molar-refractivity contribution >= 4 is 0 Å². The van der Waals surface area contributed by atoms with Crippen LogP contribution in [0.5, 0.6) is 0 Å². The van der Waals surface area contributed by atoms with Gasteiger partial charge in [-0.15, -0.1) is 0 Å². The zero-order valence-corrected chi connectivity index (χ0v) is 7.67. The number of hydrogen-bond donors (Lipinski definition) is 2. The second-order valence-electron chi connectivity index (χ2n) is 3.46. The summed E-state index contributed by atoms with van der Waals surface area (Å²) in [5.74, 6) is 0. The van der Waals surface area contributed by atoms with Gasteiger partial charge in [-0.05, 0) is 20.8 Å². The molecule has 11 heavy (non-hydrogen) atoms. The predicted molar refractivity (Wildman–Crippen MR) is 47.3 cm³/mol. The summed E-state index contributed by atoms with van der Waals surface area (Å²) < 4.78 is 0. The van der Waals surface area contributed by atoms with Crippen molar-refractivity contribution in [2.45, 2.75) is 39.0 Å². The Hall–Kier alpha value is -0.120. The van der Waals surface area contributed by atoms with Gasteiger partial charge in [0.25, 0.3) is 0 Å². The van der Waals surface area contributed by atoms with E-state index in [9.17, 15) is 0 Å². The van der Waals surface area contributed by atoms with E-state index >= 15 is 0 Å². The van der Waals surface area contributed by atoms with E-state index in [1.54, 1.807) is 0 Å². The van der Waals surface area contributed by atoms with Crippen molar-refractivity contribution in [3.8, 4) is 0 Å². The fourth-order valence-electron chi connectivity index (χ4n) is 1.66. The minimum atomic E-state index is 0.189. The van der Waals surface area contributed by atoms with E-state index in [2.05, 4.69) is 31.0 Å². The lowest BCUT2D eigenvalue weighted by molar-refractivity contribution is 0.0995. The zero-order valence-electron chi connectivity index (χ0n) is 7.67. The Kier molecular flexibility index (Phi) is 2.87. The van der Waals surface area contributed by atoms with Crippen molar-refractivity contribution in [2.24, 2.45) is 5.73 Å². The lowest BCUT2D eigenvalue weighted by Crippen LogP contribution is -2.59. The first-order valence-electron chi connectivity index (χ1n) is 4.37. The topological polar surface area (TPSA) is 41.3 Å². The Labute approximate surface area is 68.9 Å². The largest absolute Gasteiger partial charge is 0.316 e. The average Bonchev–Trinajstić information content (AvgIpc) is 1.94. The fraction of sp³-hybridized carbons (Fsp3) is 1.00. The molecule has 0 aromatic rings. The highest BCUT2D eigenvalue weighted by Gasteiger charge is 2.25. The van der Waals surface area contributed by atoms with Crippen molar-refractivity contribution in [3.63, 3.8) is 0 Å². The number of nitrogens with two attached hydrogens (primary N) is 1. The van der Waals surface area contributed by atoms with Crippen LogP contribution >= 0.6 is 0 Å². The molecule has 1 rings (SSSR count). The maximum Gasteiger partial charge on any atom is 0.0546 e. The van der Waals surface area contributed by atoms with Crippen LogP contribution in [0.2, 0.25) is 0 Å². The van der Waals surface area contributed by atoms with Gasteiger partial charge in [0.1, 0.15) is 0 Å². The quantitative estimate of drug-likeness (QED) is 0.562. The van der Waals surface area contributed by atoms with Crippen molar-refractivity contribution in [2.75, 3.05) is 13.1 Å². The molecule has 0 aromatic carbocycles. The van der Waals surface area contributed by atoms with Crippen LogP contribution in [0, 0.1) is 0 Å². The molecule has 1 heterocycles. The summed E-state index contributed by atoms with van der Waals surface area (Å²) in [6, 6.07) is 1.12. The number of rotatable bonds is 1. The van der Waals surface area contributed by atoms with Crippen molar-refractivity contribution in [3.05, 3.63) is 0 Å². The van der Waals surface area contributed by atoms with Gasteiger partial charge in [-0.2, -0.15) is 0 Å². The third-order valence-corrected chi connectivity index (χ3v) is 2.61. The molecule has 3 unspecified atom stereocenters. The van der Waals surface area contributed by atoms with E-state index in [1.807, 2.05) is 0 Å². The Morgan fingerprint density at radius 2 is 2.18 bits per heavy atom. The van der Waals surface area contributed by atoms with Crippen LogP contribution in [0.25, 0.3) is 0 Å².